The van der Waals surface area contributed by atoms with Crippen molar-refractivity contribution in [3.05, 3.63) is 29.8 Å². The maximum atomic E-state index is 11.9. The van der Waals surface area contributed by atoms with Gasteiger partial charge < -0.3 is 10.1 Å². The van der Waals surface area contributed by atoms with Crippen LogP contribution in [0.5, 0.6) is 0 Å². The molecule has 120 valence electrons. The van der Waals surface area contributed by atoms with E-state index >= 15 is 0 Å². The molecule has 0 spiro atoms. The van der Waals surface area contributed by atoms with Crippen molar-refractivity contribution in [2.24, 2.45) is 0 Å². The Balaban J connectivity index is 0.00000400. The Morgan fingerprint density at radius 2 is 1.76 bits per heavy atom. The van der Waals surface area contributed by atoms with Crippen LogP contribution < -0.4 is 10.0 Å². The minimum absolute atomic E-state index is 0. The quantitative estimate of drug-likeness (QED) is 0.550. The number of hydrogen-bond acceptors (Lipinski definition) is 5. The first-order valence-corrected chi connectivity index (χ1v) is 7.97. The van der Waals surface area contributed by atoms with Crippen LogP contribution in [0, 0.1) is 0 Å². The number of carbonyl (C=O) groups is 1. The van der Waals surface area contributed by atoms with Gasteiger partial charge in [-0.3, -0.25) is 0 Å². The standard InChI is InChI=1S/C13H20N2O4S.ClH/c1-3-14-9-10-15-20(17,18)12-7-5-11(6-8-12)13(16)19-4-2;/h5-8,14-15H,3-4,9-10H2,1-2H3;1H. The summed E-state index contributed by atoms with van der Waals surface area (Å²) in [5.41, 5.74) is 0.332. The molecule has 0 unspecified atom stereocenters. The van der Waals surface area contributed by atoms with E-state index in [2.05, 4.69) is 10.0 Å². The zero-order valence-corrected chi connectivity index (χ0v) is 13.7. The molecule has 0 radical (unpaired) electrons. The molecule has 21 heavy (non-hydrogen) atoms. The van der Waals surface area contributed by atoms with E-state index in [9.17, 15) is 13.2 Å². The van der Waals surface area contributed by atoms with Crippen LogP contribution in [0.25, 0.3) is 0 Å². The monoisotopic (exact) mass is 336 g/mol. The lowest BCUT2D eigenvalue weighted by Crippen LogP contribution is -2.31. The summed E-state index contributed by atoms with van der Waals surface area (Å²) in [6, 6.07) is 5.66. The van der Waals surface area contributed by atoms with Crippen molar-refractivity contribution in [1.29, 1.82) is 0 Å². The Morgan fingerprint density at radius 1 is 1.14 bits per heavy atom. The number of esters is 1. The fourth-order valence-corrected chi connectivity index (χ4v) is 2.55. The molecular weight excluding hydrogens is 316 g/mol. The molecule has 0 bridgehead atoms. The van der Waals surface area contributed by atoms with Gasteiger partial charge >= 0.3 is 5.97 Å². The minimum atomic E-state index is -3.54. The summed E-state index contributed by atoms with van der Waals surface area (Å²) in [6.45, 7) is 5.61. The minimum Gasteiger partial charge on any atom is -0.462 e. The zero-order valence-electron chi connectivity index (χ0n) is 12.1. The van der Waals surface area contributed by atoms with Crippen molar-refractivity contribution in [3.63, 3.8) is 0 Å². The fraction of sp³-hybridized carbons (Fsp3) is 0.462. The van der Waals surface area contributed by atoms with Gasteiger partial charge in [0.25, 0.3) is 0 Å². The highest BCUT2D eigenvalue weighted by Crippen LogP contribution is 2.11. The Morgan fingerprint density at radius 3 is 2.29 bits per heavy atom. The first-order valence-electron chi connectivity index (χ1n) is 6.48. The number of nitrogens with one attached hydrogen (secondary N) is 2. The van der Waals surface area contributed by atoms with E-state index < -0.39 is 16.0 Å². The SMILES string of the molecule is CCNCCNS(=O)(=O)c1ccc(C(=O)OCC)cc1.Cl. The van der Waals surface area contributed by atoms with Crippen molar-refractivity contribution in [1.82, 2.24) is 10.0 Å². The van der Waals surface area contributed by atoms with E-state index in [4.69, 9.17) is 4.74 Å². The van der Waals surface area contributed by atoms with Crippen LogP contribution in [0.4, 0.5) is 0 Å². The first kappa shape index (κ1) is 19.9. The van der Waals surface area contributed by atoms with E-state index in [0.29, 0.717) is 18.7 Å². The lowest BCUT2D eigenvalue weighted by atomic mass is 10.2. The number of likely N-dealkylation sites (N-methyl/N-ethyl adjacent to an activating group) is 1. The van der Waals surface area contributed by atoms with Crippen LogP contribution in [0.1, 0.15) is 24.2 Å². The van der Waals surface area contributed by atoms with Gasteiger partial charge in [0, 0.05) is 13.1 Å². The molecule has 6 nitrogen and oxygen atoms in total. The summed E-state index contributed by atoms with van der Waals surface area (Å²) in [4.78, 5) is 11.6. The summed E-state index contributed by atoms with van der Waals surface area (Å²) in [5.74, 6) is -0.462. The van der Waals surface area contributed by atoms with Gasteiger partial charge in [-0.25, -0.2) is 17.9 Å². The summed E-state index contributed by atoms with van der Waals surface area (Å²) in [5, 5.41) is 3.02. The highest BCUT2D eigenvalue weighted by Gasteiger charge is 2.14. The molecule has 0 saturated heterocycles. The summed E-state index contributed by atoms with van der Waals surface area (Å²) < 4.78 is 31.2. The molecule has 1 aromatic rings. The number of ether oxygens (including phenoxy) is 1. The van der Waals surface area contributed by atoms with Gasteiger partial charge in [-0.05, 0) is 37.7 Å². The zero-order chi connectivity index (χ0) is 15.0. The molecule has 1 rings (SSSR count). The maximum Gasteiger partial charge on any atom is 0.338 e. The number of rotatable bonds is 8. The van der Waals surface area contributed by atoms with E-state index in [1.807, 2.05) is 6.92 Å². The topological polar surface area (TPSA) is 84.5 Å². The van der Waals surface area contributed by atoms with Gasteiger partial charge in [-0.2, -0.15) is 0 Å². The normalized spacial score (nSPS) is 10.8. The van der Waals surface area contributed by atoms with Crippen molar-refractivity contribution in [2.45, 2.75) is 18.7 Å². The smallest absolute Gasteiger partial charge is 0.338 e. The number of benzene rings is 1. The molecule has 8 heteroatoms. The molecule has 0 amide bonds. The molecule has 0 aliphatic heterocycles. The van der Waals surface area contributed by atoms with Crippen LogP contribution in [0.2, 0.25) is 0 Å². The number of halogens is 1. The third-order valence-electron chi connectivity index (χ3n) is 2.52. The summed E-state index contributed by atoms with van der Waals surface area (Å²) >= 11 is 0. The summed E-state index contributed by atoms with van der Waals surface area (Å²) in [6.07, 6.45) is 0. The second-order valence-electron chi connectivity index (χ2n) is 4.00. The highest BCUT2D eigenvalue weighted by molar-refractivity contribution is 7.89. The van der Waals surface area contributed by atoms with Crippen LogP contribution >= 0.6 is 12.4 Å². The molecule has 0 fully saturated rings. The third kappa shape index (κ3) is 6.43. The average Bonchev–Trinajstić information content (AvgIpc) is 2.44. The molecule has 0 aliphatic carbocycles. The molecule has 2 N–H and O–H groups in total. The molecule has 0 aliphatic rings. The van der Waals surface area contributed by atoms with Gasteiger partial charge in [0.1, 0.15) is 0 Å². The number of carbonyl (C=O) groups excluding carboxylic acids is 1. The van der Waals surface area contributed by atoms with Crippen molar-refractivity contribution in [3.8, 4) is 0 Å². The Bertz CT molecular complexity index is 532. The maximum absolute atomic E-state index is 11.9. The van der Waals surface area contributed by atoms with E-state index in [1.54, 1.807) is 6.92 Å². The molecule has 1 aromatic carbocycles. The Kier molecular flexibility index (Phi) is 9.19. The predicted molar refractivity (Wildman–Crippen MR) is 83.4 cm³/mol. The molecular formula is C13H21ClN2O4S. The van der Waals surface area contributed by atoms with Crippen LogP contribution in [-0.4, -0.2) is 40.6 Å². The molecule has 0 saturated carbocycles. The van der Waals surface area contributed by atoms with Crippen LogP contribution in [0.3, 0.4) is 0 Å². The van der Waals surface area contributed by atoms with Gasteiger partial charge in [0.2, 0.25) is 10.0 Å². The lowest BCUT2D eigenvalue weighted by molar-refractivity contribution is 0.0526. The summed E-state index contributed by atoms with van der Waals surface area (Å²) in [7, 11) is -3.54. The Labute approximate surface area is 131 Å². The third-order valence-corrected chi connectivity index (χ3v) is 4.00. The second kappa shape index (κ2) is 9.73. The van der Waals surface area contributed by atoms with E-state index in [1.165, 1.54) is 24.3 Å². The van der Waals surface area contributed by atoms with E-state index in [-0.39, 0.29) is 23.9 Å². The highest BCUT2D eigenvalue weighted by atomic mass is 35.5. The number of sulfonamides is 1. The first-order chi connectivity index (χ1) is 9.51. The molecule has 0 aromatic heterocycles. The van der Waals surface area contributed by atoms with Crippen molar-refractivity contribution >= 4 is 28.4 Å². The molecule has 0 heterocycles. The van der Waals surface area contributed by atoms with Crippen molar-refractivity contribution < 1.29 is 17.9 Å². The van der Waals surface area contributed by atoms with Gasteiger partial charge in [0.15, 0.2) is 0 Å². The second-order valence-corrected chi connectivity index (χ2v) is 5.76. The lowest BCUT2D eigenvalue weighted by Gasteiger charge is -2.07. The van der Waals surface area contributed by atoms with Gasteiger partial charge in [0.05, 0.1) is 17.1 Å². The average molecular weight is 337 g/mol. The predicted octanol–water partition coefficient (Wildman–Crippen LogP) is 1.17. The van der Waals surface area contributed by atoms with E-state index in [0.717, 1.165) is 6.54 Å². The fourth-order valence-electron chi connectivity index (χ4n) is 1.52. The van der Waals surface area contributed by atoms with Crippen molar-refractivity contribution in [2.75, 3.05) is 26.2 Å². The van der Waals surface area contributed by atoms with Crippen LogP contribution in [0.15, 0.2) is 29.2 Å². The molecule has 0 atom stereocenters. The Hall–Kier alpha value is -1.15. The van der Waals surface area contributed by atoms with Crippen LogP contribution in [-0.2, 0) is 14.8 Å². The number of hydrogen-bond donors (Lipinski definition) is 2. The van der Waals surface area contributed by atoms with Gasteiger partial charge in [-0.1, -0.05) is 6.92 Å². The van der Waals surface area contributed by atoms with Gasteiger partial charge in [-0.15, -0.1) is 12.4 Å². The largest absolute Gasteiger partial charge is 0.462 e.